The minimum atomic E-state index is -0.545. The first-order valence-electron chi connectivity index (χ1n) is 4.59. The highest BCUT2D eigenvalue weighted by molar-refractivity contribution is 6.44. The van der Waals surface area contributed by atoms with Gasteiger partial charge in [-0.2, -0.15) is 0 Å². The molecule has 1 N–H and O–H groups in total. The molecule has 0 saturated carbocycles. The number of methoxy groups -OCH3 is 1. The summed E-state index contributed by atoms with van der Waals surface area (Å²) >= 11 is 0. The molecular formula is C11H12O3Si. The zero-order chi connectivity index (χ0) is 11.3. The molecule has 1 aromatic rings. The number of esters is 1. The van der Waals surface area contributed by atoms with E-state index in [9.17, 15) is 9.90 Å². The molecule has 0 atom stereocenters. The van der Waals surface area contributed by atoms with Crippen LogP contribution in [0.5, 0.6) is 5.75 Å². The fourth-order valence-corrected chi connectivity index (χ4v) is 1.46. The van der Waals surface area contributed by atoms with Gasteiger partial charge in [0.15, 0.2) is 0 Å². The van der Waals surface area contributed by atoms with Crippen LogP contribution in [0.4, 0.5) is 0 Å². The lowest BCUT2D eigenvalue weighted by atomic mass is 10.1. The fraction of sp³-hybridized carbons (Fsp3) is 0.182. The molecule has 0 aliphatic carbocycles. The zero-order valence-electron chi connectivity index (χ0n) is 8.70. The number of phenols is 1. The van der Waals surface area contributed by atoms with Gasteiger partial charge in [-0.15, -0.1) is 5.54 Å². The Morgan fingerprint density at radius 1 is 1.53 bits per heavy atom. The van der Waals surface area contributed by atoms with E-state index in [0.717, 1.165) is 5.56 Å². The summed E-state index contributed by atoms with van der Waals surface area (Å²) in [6.45, 7) is 2.08. The Balaban J connectivity index is 3.03. The summed E-state index contributed by atoms with van der Waals surface area (Å²) in [4.78, 5) is 11.1. The average Bonchev–Trinajstić information content (AvgIpc) is 2.25. The number of hydrogen-bond donors (Lipinski definition) is 1. The van der Waals surface area contributed by atoms with Crippen molar-refractivity contribution in [1.29, 1.82) is 0 Å². The van der Waals surface area contributed by atoms with E-state index in [2.05, 4.69) is 22.7 Å². The van der Waals surface area contributed by atoms with Gasteiger partial charge in [0, 0.05) is 5.56 Å². The third-order valence-corrected chi connectivity index (χ3v) is 2.34. The molecule has 0 fully saturated rings. The molecule has 0 unspecified atom stereocenters. The van der Waals surface area contributed by atoms with Crippen LogP contribution in [0, 0.1) is 11.5 Å². The van der Waals surface area contributed by atoms with E-state index in [4.69, 9.17) is 0 Å². The van der Waals surface area contributed by atoms with Gasteiger partial charge in [-0.05, 0) is 18.2 Å². The summed E-state index contributed by atoms with van der Waals surface area (Å²) in [5, 5.41) is 9.53. The molecule has 1 rings (SSSR count). The predicted molar refractivity (Wildman–Crippen MR) is 60.7 cm³/mol. The molecule has 0 heterocycles. The van der Waals surface area contributed by atoms with E-state index < -0.39 is 5.97 Å². The van der Waals surface area contributed by atoms with Crippen LogP contribution in [-0.4, -0.2) is 27.7 Å². The lowest BCUT2D eigenvalue weighted by molar-refractivity contribution is 0.0597. The number of ether oxygens (including phenoxy) is 1. The van der Waals surface area contributed by atoms with E-state index in [1.54, 1.807) is 6.07 Å². The second-order valence-corrected chi connectivity index (χ2v) is 3.94. The first-order chi connectivity index (χ1) is 7.19. The summed E-state index contributed by atoms with van der Waals surface area (Å²) in [6, 6.07) is 4.69. The van der Waals surface area contributed by atoms with Gasteiger partial charge < -0.3 is 9.84 Å². The highest BCUT2D eigenvalue weighted by atomic mass is 28.2. The van der Waals surface area contributed by atoms with Gasteiger partial charge >= 0.3 is 5.97 Å². The third-order valence-electron chi connectivity index (χ3n) is 1.81. The average molecular weight is 220 g/mol. The predicted octanol–water partition coefficient (Wildman–Crippen LogP) is 0.705. The van der Waals surface area contributed by atoms with Gasteiger partial charge in [-0.1, -0.05) is 12.5 Å². The maximum absolute atomic E-state index is 11.1. The second-order valence-electron chi connectivity index (χ2n) is 2.88. The number of rotatable bonds is 1. The summed E-state index contributed by atoms with van der Waals surface area (Å²) in [5.74, 6) is 2.28. The van der Waals surface area contributed by atoms with Crippen LogP contribution in [0.15, 0.2) is 18.2 Å². The lowest BCUT2D eigenvalue weighted by Crippen LogP contribution is -2.01. The number of benzene rings is 1. The number of aromatic hydroxyl groups is 1. The minimum Gasteiger partial charge on any atom is -0.507 e. The van der Waals surface area contributed by atoms with Crippen molar-refractivity contribution < 1.29 is 14.6 Å². The molecular weight excluding hydrogens is 208 g/mol. The normalized spacial score (nSPS) is 9.73. The number of carbonyl (C=O) groups excluding carboxylic acids is 1. The van der Waals surface area contributed by atoms with Gasteiger partial charge in [-0.25, -0.2) is 4.79 Å². The van der Waals surface area contributed by atoms with Gasteiger partial charge in [0.25, 0.3) is 0 Å². The van der Waals surface area contributed by atoms with Crippen LogP contribution in [0.25, 0.3) is 0 Å². The summed E-state index contributed by atoms with van der Waals surface area (Å²) in [5.41, 5.74) is 3.90. The first kappa shape index (κ1) is 11.3. The van der Waals surface area contributed by atoms with Crippen LogP contribution in [0.2, 0.25) is 6.55 Å². The van der Waals surface area contributed by atoms with Gasteiger partial charge in [0.2, 0.25) is 0 Å². The number of hydrogen-bond acceptors (Lipinski definition) is 3. The van der Waals surface area contributed by atoms with Crippen molar-refractivity contribution in [3.05, 3.63) is 29.3 Å². The molecule has 0 bridgehead atoms. The number of phenolic OH excluding ortho intramolecular Hbond substituents is 1. The maximum atomic E-state index is 11.1. The van der Waals surface area contributed by atoms with E-state index in [-0.39, 0.29) is 20.8 Å². The summed E-state index contributed by atoms with van der Waals surface area (Å²) in [6.07, 6.45) is 0. The highest BCUT2D eigenvalue weighted by Crippen LogP contribution is 2.18. The molecule has 0 radical (unpaired) electrons. The van der Waals surface area contributed by atoms with Crippen molar-refractivity contribution >= 4 is 15.5 Å². The lowest BCUT2D eigenvalue weighted by Gasteiger charge is -2.02. The first-order valence-corrected chi connectivity index (χ1v) is 6.71. The molecule has 0 amide bonds. The zero-order valence-corrected chi connectivity index (χ0v) is 10.1. The Hall–Kier alpha value is -1.73. The molecule has 0 aromatic heterocycles. The molecule has 3 nitrogen and oxygen atoms in total. The van der Waals surface area contributed by atoms with Crippen molar-refractivity contribution in [1.82, 2.24) is 0 Å². The van der Waals surface area contributed by atoms with Crippen molar-refractivity contribution in [2.24, 2.45) is 0 Å². The molecule has 0 spiro atoms. The Bertz CT molecular complexity index is 429. The maximum Gasteiger partial charge on any atom is 0.341 e. The van der Waals surface area contributed by atoms with E-state index in [0.29, 0.717) is 0 Å². The van der Waals surface area contributed by atoms with Gasteiger partial charge in [0.1, 0.15) is 20.8 Å². The molecule has 78 valence electrons. The third kappa shape index (κ3) is 2.86. The van der Waals surface area contributed by atoms with E-state index >= 15 is 0 Å². The van der Waals surface area contributed by atoms with Crippen molar-refractivity contribution in [2.45, 2.75) is 6.55 Å². The summed E-state index contributed by atoms with van der Waals surface area (Å²) < 4.78 is 4.51. The fourth-order valence-electron chi connectivity index (χ4n) is 1.08. The largest absolute Gasteiger partial charge is 0.507 e. The minimum absolute atomic E-state index is 0.0913. The Morgan fingerprint density at radius 2 is 2.27 bits per heavy atom. The molecule has 0 aliphatic rings. The Labute approximate surface area is 90.9 Å². The van der Waals surface area contributed by atoms with Crippen LogP contribution in [0.3, 0.4) is 0 Å². The molecule has 1 aromatic carbocycles. The molecule has 4 heteroatoms. The van der Waals surface area contributed by atoms with Crippen LogP contribution in [0.1, 0.15) is 15.9 Å². The molecule has 0 saturated heterocycles. The highest BCUT2D eigenvalue weighted by Gasteiger charge is 2.10. The van der Waals surface area contributed by atoms with Gasteiger partial charge in [-0.3, -0.25) is 0 Å². The monoisotopic (exact) mass is 220 g/mol. The Morgan fingerprint density at radius 3 is 2.80 bits per heavy atom. The smallest absolute Gasteiger partial charge is 0.341 e. The molecule has 15 heavy (non-hydrogen) atoms. The quantitative estimate of drug-likeness (QED) is 0.430. The summed E-state index contributed by atoms with van der Waals surface area (Å²) in [7, 11) is 0.970. The van der Waals surface area contributed by atoms with E-state index in [1.807, 2.05) is 0 Å². The van der Waals surface area contributed by atoms with Crippen LogP contribution < -0.4 is 0 Å². The van der Waals surface area contributed by atoms with Crippen molar-refractivity contribution in [3.8, 4) is 17.2 Å². The van der Waals surface area contributed by atoms with Crippen molar-refractivity contribution in [3.63, 3.8) is 0 Å². The number of carbonyl (C=O) groups is 1. The van der Waals surface area contributed by atoms with Gasteiger partial charge in [0.05, 0.1) is 7.11 Å². The topological polar surface area (TPSA) is 46.5 Å². The van der Waals surface area contributed by atoms with Crippen molar-refractivity contribution in [2.75, 3.05) is 7.11 Å². The second kappa shape index (κ2) is 5.22. The Kier molecular flexibility index (Phi) is 3.95. The standard InChI is InChI=1S/C11H12O3Si/c1-14-11(13)9-4-3-8(5-6-15-2)7-10(9)12/h3-4,7,12H,15H2,1-2H3. The molecule has 0 aliphatic heterocycles. The SMILES string of the molecule is COC(=O)c1ccc(C#C[SiH2]C)cc1O. The van der Waals surface area contributed by atoms with E-state index in [1.165, 1.54) is 19.2 Å². The van der Waals surface area contributed by atoms with Crippen LogP contribution in [-0.2, 0) is 4.74 Å². The van der Waals surface area contributed by atoms with Crippen LogP contribution >= 0.6 is 0 Å².